The Balaban J connectivity index is 1.94. The van der Waals surface area contributed by atoms with Gasteiger partial charge in [0.15, 0.2) is 5.82 Å². The van der Waals surface area contributed by atoms with E-state index in [1.807, 2.05) is 45.1 Å². The van der Waals surface area contributed by atoms with E-state index in [0.717, 1.165) is 12.4 Å². The average Bonchev–Trinajstić information content (AvgIpc) is 3.37. The number of imidazole rings is 2. The van der Waals surface area contributed by atoms with E-state index in [9.17, 15) is 9.18 Å². The standard InChI is InChI=1S/C22H26FN7O/c1-5-17-27-15-9-12(8-14(23)20(15)28-17)13-10-16(30(4)7-6-29(2)3)18(22(24)31)21-19(13)25-11-26-21/h8-11H,5-7H2,1-4H3,(H2,24,31)(H,25,26)(H,27,28). The number of amides is 1. The Labute approximate surface area is 179 Å². The summed E-state index contributed by atoms with van der Waals surface area (Å²) in [6, 6.07) is 5.18. The third-order valence-corrected chi connectivity index (χ3v) is 5.46. The number of nitrogens with one attached hydrogen (secondary N) is 2. The van der Waals surface area contributed by atoms with Crippen LogP contribution in [0.4, 0.5) is 10.1 Å². The van der Waals surface area contributed by atoms with Crippen LogP contribution in [0.1, 0.15) is 23.1 Å². The summed E-state index contributed by atoms with van der Waals surface area (Å²) >= 11 is 0. The molecular weight excluding hydrogens is 397 g/mol. The third-order valence-electron chi connectivity index (χ3n) is 5.46. The number of nitrogens with two attached hydrogens (primary N) is 1. The first-order chi connectivity index (χ1) is 14.8. The number of carbonyl (C=O) groups excluding carboxylic acids is 1. The van der Waals surface area contributed by atoms with Crippen molar-refractivity contribution < 1.29 is 9.18 Å². The van der Waals surface area contributed by atoms with Crippen LogP contribution in [0.3, 0.4) is 0 Å². The normalized spacial score (nSPS) is 11.7. The number of hydrogen-bond acceptors (Lipinski definition) is 5. The van der Waals surface area contributed by atoms with E-state index in [0.29, 0.717) is 57.4 Å². The Bertz CT molecular complexity index is 1270. The van der Waals surface area contributed by atoms with Gasteiger partial charge in [-0.15, -0.1) is 0 Å². The first kappa shape index (κ1) is 20.8. The van der Waals surface area contributed by atoms with Crippen molar-refractivity contribution >= 4 is 33.7 Å². The van der Waals surface area contributed by atoms with E-state index in [2.05, 4.69) is 24.8 Å². The monoisotopic (exact) mass is 423 g/mol. The van der Waals surface area contributed by atoms with Crippen LogP contribution in [-0.4, -0.2) is 65.0 Å². The van der Waals surface area contributed by atoms with E-state index in [1.54, 1.807) is 0 Å². The summed E-state index contributed by atoms with van der Waals surface area (Å²) in [5, 5.41) is 0. The maximum atomic E-state index is 14.9. The number of halogens is 1. The molecule has 4 N–H and O–H groups in total. The maximum Gasteiger partial charge on any atom is 0.253 e. The lowest BCUT2D eigenvalue weighted by Crippen LogP contribution is -2.30. The molecule has 0 fully saturated rings. The molecule has 0 aliphatic heterocycles. The largest absolute Gasteiger partial charge is 0.373 e. The summed E-state index contributed by atoms with van der Waals surface area (Å²) in [6.07, 6.45) is 2.20. The minimum absolute atomic E-state index is 0.316. The van der Waals surface area contributed by atoms with Gasteiger partial charge >= 0.3 is 0 Å². The van der Waals surface area contributed by atoms with E-state index in [4.69, 9.17) is 5.73 Å². The molecule has 2 aromatic carbocycles. The first-order valence-corrected chi connectivity index (χ1v) is 10.1. The molecule has 0 aliphatic carbocycles. The van der Waals surface area contributed by atoms with Gasteiger partial charge in [-0.2, -0.15) is 0 Å². The van der Waals surface area contributed by atoms with E-state index >= 15 is 0 Å². The SMILES string of the molecule is CCc1nc2c(F)cc(-c3cc(N(C)CCN(C)C)c(C(N)=O)c4[nH]cnc34)cc2[nH]1. The van der Waals surface area contributed by atoms with Crippen molar-refractivity contribution in [3.63, 3.8) is 0 Å². The van der Waals surface area contributed by atoms with Gasteiger partial charge < -0.3 is 25.5 Å². The molecule has 162 valence electrons. The van der Waals surface area contributed by atoms with Gasteiger partial charge in [0, 0.05) is 32.1 Å². The summed E-state index contributed by atoms with van der Waals surface area (Å²) in [5.41, 5.74) is 10.2. The highest BCUT2D eigenvalue weighted by Crippen LogP contribution is 2.37. The highest BCUT2D eigenvalue weighted by Gasteiger charge is 2.22. The van der Waals surface area contributed by atoms with Crippen molar-refractivity contribution in [2.75, 3.05) is 39.1 Å². The molecule has 2 aromatic heterocycles. The maximum absolute atomic E-state index is 14.9. The first-order valence-electron chi connectivity index (χ1n) is 10.1. The molecule has 0 saturated carbocycles. The zero-order chi connectivity index (χ0) is 22.3. The Hall–Kier alpha value is -3.46. The molecule has 0 radical (unpaired) electrons. The highest BCUT2D eigenvalue weighted by atomic mass is 19.1. The molecule has 4 rings (SSSR count). The zero-order valence-electron chi connectivity index (χ0n) is 18.1. The van der Waals surface area contributed by atoms with Gasteiger partial charge in [-0.1, -0.05) is 6.92 Å². The Morgan fingerprint density at radius 3 is 2.61 bits per heavy atom. The molecule has 0 unspecified atom stereocenters. The zero-order valence-corrected chi connectivity index (χ0v) is 18.1. The van der Waals surface area contributed by atoms with Gasteiger partial charge in [-0.3, -0.25) is 4.79 Å². The molecule has 0 atom stereocenters. The summed E-state index contributed by atoms with van der Waals surface area (Å²) in [7, 11) is 5.88. The van der Waals surface area contributed by atoms with Crippen molar-refractivity contribution in [1.82, 2.24) is 24.8 Å². The number of H-pyrrole nitrogens is 2. The molecule has 31 heavy (non-hydrogen) atoms. The summed E-state index contributed by atoms with van der Waals surface area (Å²) < 4.78 is 14.9. The van der Waals surface area contributed by atoms with Crippen LogP contribution >= 0.6 is 0 Å². The quantitative estimate of drug-likeness (QED) is 0.424. The minimum atomic E-state index is -0.546. The average molecular weight is 423 g/mol. The molecular formula is C22H26FN7O. The van der Waals surface area contributed by atoms with Gasteiger partial charge in [0.1, 0.15) is 11.3 Å². The minimum Gasteiger partial charge on any atom is -0.373 e. The molecule has 0 saturated heterocycles. The van der Waals surface area contributed by atoms with Gasteiger partial charge in [0.2, 0.25) is 0 Å². The van der Waals surface area contributed by atoms with Crippen LogP contribution in [0.2, 0.25) is 0 Å². The van der Waals surface area contributed by atoms with Crippen molar-refractivity contribution in [1.29, 1.82) is 0 Å². The third kappa shape index (κ3) is 3.72. The molecule has 0 spiro atoms. The number of aromatic nitrogens is 4. The Morgan fingerprint density at radius 1 is 1.16 bits per heavy atom. The number of anilines is 1. The number of likely N-dealkylation sites (N-methyl/N-ethyl adjacent to an activating group) is 2. The lowest BCUT2D eigenvalue weighted by molar-refractivity contribution is 0.100. The van der Waals surface area contributed by atoms with E-state index < -0.39 is 11.7 Å². The molecule has 0 bridgehead atoms. The Morgan fingerprint density at radius 2 is 1.94 bits per heavy atom. The number of fused-ring (bicyclic) bond motifs is 2. The van der Waals surface area contributed by atoms with Gasteiger partial charge in [0.25, 0.3) is 5.91 Å². The smallest absolute Gasteiger partial charge is 0.253 e. The number of nitrogens with zero attached hydrogens (tertiary/aromatic N) is 4. The lowest BCUT2D eigenvalue weighted by atomic mass is 9.98. The predicted molar refractivity (Wildman–Crippen MR) is 121 cm³/mol. The number of hydrogen-bond donors (Lipinski definition) is 3. The van der Waals surface area contributed by atoms with Crippen LogP contribution in [0.25, 0.3) is 33.2 Å². The number of primary amides is 1. The molecule has 0 aliphatic rings. The van der Waals surface area contributed by atoms with Crippen molar-refractivity contribution in [3.8, 4) is 11.1 Å². The summed E-state index contributed by atoms with van der Waals surface area (Å²) in [6.45, 7) is 3.43. The van der Waals surface area contributed by atoms with Crippen molar-refractivity contribution in [2.24, 2.45) is 5.73 Å². The van der Waals surface area contributed by atoms with Crippen LogP contribution in [0, 0.1) is 5.82 Å². The van der Waals surface area contributed by atoms with Crippen molar-refractivity contribution in [3.05, 3.63) is 41.7 Å². The number of rotatable bonds is 7. The highest BCUT2D eigenvalue weighted by molar-refractivity contribution is 6.13. The van der Waals surface area contributed by atoms with Gasteiger partial charge in [-0.05, 0) is 37.9 Å². The topological polar surface area (TPSA) is 107 Å². The van der Waals surface area contributed by atoms with Crippen LogP contribution in [0.15, 0.2) is 24.5 Å². The number of benzene rings is 2. The molecule has 9 heteroatoms. The van der Waals surface area contributed by atoms with Crippen LogP contribution in [-0.2, 0) is 6.42 Å². The van der Waals surface area contributed by atoms with Gasteiger partial charge in [-0.25, -0.2) is 14.4 Å². The molecule has 4 aromatic rings. The summed E-state index contributed by atoms with van der Waals surface area (Å²) in [5.74, 6) is -0.229. The molecule has 8 nitrogen and oxygen atoms in total. The second-order valence-corrected chi connectivity index (χ2v) is 7.92. The fourth-order valence-corrected chi connectivity index (χ4v) is 3.78. The lowest BCUT2D eigenvalue weighted by Gasteiger charge is -2.24. The number of carbonyl (C=O) groups is 1. The van der Waals surface area contributed by atoms with E-state index in [1.165, 1.54) is 12.4 Å². The van der Waals surface area contributed by atoms with E-state index in [-0.39, 0.29) is 0 Å². The van der Waals surface area contributed by atoms with Crippen molar-refractivity contribution in [2.45, 2.75) is 13.3 Å². The van der Waals surface area contributed by atoms with Crippen LogP contribution in [0.5, 0.6) is 0 Å². The summed E-state index contributed by atoms with van der Waals surface area (Å²) in [4.78, 5) is 31.3. The Kier molecular flexibility index (Phi) is 5.36. The molecule has 1 amide bonds. The molecule has 2 heterocycles. The van der Waals surface area contributed by atoms with Crippen LogP contribution < -0.4 is 10.6 Å². The number of aryl methyl sites for hydroxylation is 1. The predicted octanol–water partition coefficient (Wildman–Crippen LogP) is 2.90. The fourth-order valence-electron chi connectivity index (χ4n) is 3.78. The van der Waals surface area contributed by atoms with Gasteiger partial charge in [0.05, 0.1) is 34.1 Å². The fraction of sp³-hybridized carbons (Fsp3) is 0.318. The second kappa shape index (κ2) is 7.99. The number of aromatic amines is 2. The second-order valence-electron chi connectivity index (χ2n) is 7.92.